The van der Waals surface area contributed by atoms with Crippen LogP contribution in [0.1, 0.15) is 38.9 Å². The summed E-state index contributed by atoms with van der Waals surface area (Å²) in [5.41, 5.74) is 16.8. The standard InChI is InChI=1S/C61H63N3O10/c62-64-63-52-55(68-38-46-26-12-3-13-27-46)54(67-37-45-24-10-2-11-25-45)51(43-66-36-44-22-8-1-9-23-44)73-61(52)74-57-53(65)56(69-39-47-28-14-4-15-29-47)58(70-40-48-30-16-5-17-31-48)60(72-42-50-34-20-7-21-35-50)59(57)71-41-49-32-18-6-19-33-49/h1-35,51-61,65H,36-43H2/t51-,52-,53-,54-,55-,56+,57+,58-,59+,60+,61-/m1/s1. The molecule has 0 amide bonds. The van der Waals surface area contributed by atoms with Gasteiger partial charge in [-0.05, 0) is 44.5 Å². The lowest BCUT2D eigenvalue weighted by molar-refractivity contribution is -0.338. The minimum atomic E-state index is -1.42. The van der Waals surface area contributed by atoms with Crippen molar-refractivity contribution in [3.8, 4) is 0 Å². The molecule has 13 nitrogen and oxygen atoms in total. The second kappa shape index (κ2) is 27.7. The molecule has 1 heterocycles. The van der Waals surface area contributed by atoms with Gasteiger partial charge in [0.05, 0.1) is 52.9 Å². The zero-order chi connectivity index (χ0) is 50.6. The predicted molar refractivity (Wildman–Crippen MR) is 279 cm³/mol. The molecule has 2 fully saturated rings. The second-order valence-corrected chi connectivity index (χ2v) is 18.4. The molecule has 0 radical (unpaired) electrons. The average molecular weight is 998 g/mol. The molecule has 7 aromatic rings. The molecule has 13 heteroatoms. The Kier molecular flexibility index (Phi) is 19.6. The third-order valence-corrected chi connectivity index (χ3v) is 13.2. The summed E-state index contributed by atoms with van der Waals surface area (Å²) in [7, 11) is 0. The van der Waals surface area contributed by atoms with E-state index < -0.39 is 67.3 Å². The maximum atomic E-state index is 13.1. The van der Waals surface area contributed by atoms with Gasteiger partial charge >= 0.3 is 0 Å². The minimum Gasteiger partial charge on any atom is -0.387 e. The lowest BCUT2D eigenvalue weighted by Crippen LogP contribution is -2.69. The highest BCUT2D eigenvalue weighted by Gasteiger charge is 2.57. The summed E-state index contributed by atoms with van der Waals surface area (Å²) in [6.07, 6.45) is -10.5. The van der Waals surface area contributed by atoms with Gasteiger partial charge in [-0.15, -0.1) is 0 Å². The van der Waals surface area contributed by atoms with E-state index in [1.807, 2.05) is 212 Å². The van der Waals surface area contributed by atoms with Crippen LogP contribution < -0.4 is 0 Å². The molecule has 2 aliphatic rings. The molecule has 1 N–H and O–H groups in total. The fourth-order valence-corrected chi connectivity index (χ4v) is 9.39. The minimum absolute atomic E-state index is 0.0462. The van der Waals surface area contributed by atoms with Crippen LogP contribution in [-0.4, -0.2) is 79.0 Å². The highest BCUT2D eigenvalue weighted by Crippen LogP contribution is 2.38. The molecule has 7 aromatic carbocycles. The zero-order valence-corrected chi connectivity index (χ0v) is 41.2. The molecule has 0 unspecified atom stereocenters. The normalized spacial score (nSPS) is 24.7. The van der Waals surface area contributed by atoms with Crippen molar-refractivity contribution >= 4 is 0 Å². The molecule has 1 aliphatic carbocycles. The van der Waals surface area contributed by atoms with Crippen LogP contribution in [0, 0.1) is 0 Å². The lowest BCUT2D eigenvalue weighted by Gasteiger charge is -2.51. The number of hydrogen-bond acceptors (Lipinski definition) is 11. The van der Waals surface area contributed by atoms with Gasteiger partial charge in [-0.1, -0.05) is 217 Å². The summed E-state index contributed by atoms with van der Waals surface area (Å²) < 4.78 is 62.0. The van der Waals surface area contributed by atoms with Crippen LogP contribution in [0.5, 0.6) is 0 Å². The Labute approximate surface area is 433 Å². The van der Waals surface area contributed by atoms with Crippen molar-refractivity contribution in [2.24, 2.45) is 5.11 Å². The van der Waals surface area contributed by atoms with Crippen molar-refractivity contribution in [1.82, 2.24) is 0 Å². The SMILES string of the molecule is [N-]=[N+]=N[C@H]1[C@@H](O[C@H]2[C@H](O)[C@H](OCc3ccccc3)[C@@H](OCc3ccccc3)[C@H](OCc3ccccc3)[C@H]2OCc2ccccc2)O[C@H](COCc2ccccc2)[C@@H](OCc2ccccc2)[C@@H]1OCc1ccccc1. The van der Waals surface area contributed by atoms with Gasteiger partial charge in [0, 0.05) is 4.91 Å². The number of azide groups is 1. The van der Waals surface area contributed by atoms with Crippen LogP contribution in [0.3, 0.4) is 0 Å². The quantitative estimate of drug-likeness (QED) is 0.0333. The highest BCUT2D eigenvalue weighted by molar-refractivity contribution is 5.20. The molecule has 0 bridgehead atoms. The average Bonchev–Trinajstić information content (AvgIpc) is 3.46. The van der Waals surface area contributed by atoms with Gasteiger partial charge in [-0.25, -0.2) is 0 Å². The van der Waals surface area contributed by atoms with Crippen LogP contribution in [-0.2, 0) is 88.9 Å². The van der Waals surface area contributed by atoms with Gasteiger partial charge in [-0.2, -0.15) is 0 Å². The number of aliphatic hydroxyl groups excluding tert-OH is 1. The molecule has 11 atom stereocenters. The smallest absolute Gasteiger partial charge is 0.169 e. The number of ether oxygens (including phenoxy) is 9. The summed E-state index contributed by atoms with van der Waals surface area (Å²) in [6, 6.07) is 67.4. The van der Waals surface area contributed by atoms with Gasteiger partial charge < -0.3 is 47.7 Å². The summed E-state index contributed by atoms with van der Waals surface area (Å²) >= 11 is 0. The number of hydrogen-bond donors (Lipinski definition) is 1. The first kappa shape index (κ1) is 52.3. The van der Waals surface area contributed by atoms with Gasteiger partial charge in [0.25, 0.3) is 0 Å². The Morgan fingerprint density at radius 1 is 0.378 bits per heavy atom. The zero-order valence-electron chi connectivity index (χ0n) is 41.2. The van der Waals surface area contributed by atoms with Crippen LogP contribution in [0.2, 0.25) is 0 Å². The molecule has 9 rings (SSSR count). The van der Waals surface area contributed by atoms with Crippen molar-refractivity contribution in [3.05, 3.63) is 262 Å². The van der Waals surface area contributed by atoms with Crippen molar-refractivity contribution in [2.45, 2.75) is 114 Å². The molecular weight excluding hydrogens is 935 g/mol. The molecule has 0 aromatic heterocycles. The molecule has 382 valence electrons. The Morgan fingerprint density at radius 3 is 1.04 bits per heavy atom. The highest BCUT2D eigenvalue weighted by atomic mass is 16.7. The van der Waals surface area contributed by atoms with Crippen LogP contribution >= 0.6 is 0 Å². The van der Waals surface area contributed by atoms with Gasteiger partial charge in [0.15, 0.2) is 6.29 Å². The molecule has 1 aliphatic heterocycles. The Morgan fingerprint density at radius 2 is 0.676 bits per heavy atom. The van der Waals surface area contributed by atoms with Gasteiger partial charge in [0.2, 0.25) is 0 Å². The van der Waals surface area contributed by atoms with Crippen LogP contribution in [0.4, 0.5) is 0 Å². The molecule has 0 spiro atoms. The Bertz CT molecular complexity index is 2710. The van der Waals surface area contributed by atoms with Crippen molar-refractivity contribution in [1.29, 1.82) is 0 Å². The predicted octanol–water partition coefficient (Wildman–Crippen LogP) is 10.9. The summed E-state index contributed by atoms with van der Waals surface area (Å²) in [4.78, 5) is 3.36. The van der Waals surface area contributed by atoms with E-state index in [0.29, 0.717) is 0 Å². The van der Waals surface area contributed by atoms with Crippen molar-refractivity contribution in [3.63, 3.8) is 0 Å². The number of nitrogens with zero attached hydrogens (tertiary/aromatic N) is 3. The van der Waals surface area contributed by atoms with E-state index in [-0.39, 0.29) is 52.9 Å². The molecular formula is C61H63N3O10. The molecule has 74 heavy (non-hydrogen) atoms. The van der Waals surface area contributed by atoms with E-state index in [1.54, 1.807) is 0 Å². The monoisotopic (exact) mass is 997 g/mol. The fraction of sp³-hybridized carbons (Fsp3) is 0.311. The van der Waals surface area contributed by atoms with E-state index in [2.05, 4.69) is 10.0 Å². The number of rotatable bonds is 25. The first-order valence-electron chi connectivity index (χ1n) is 25.2. The third kappa shape index (κ3) is 14.6. The third-order valence-electron chi connectivity index (χ3n) is 13.2. The van der Waals surface area contributed by atoms with Gasteiger partial charge in [0.1, 0.15) is 61.0 Å². The van der Waals surface area contributed by atoms with Gasteiger partial charge in [-0.3, -0.25) is 0 Å². The van der Waals surface area contributed by atoms with E-state index in [9.17, 15) is 10.6 Å². The van der Waals surface area contributed by atoms with Crippen LogP contribution in [0.15, 0.2) is 217 Å². The summed E-state index contributed by atoms with van der Waals surface area (Å²) in [6.45, 7) is 1.31. The van der Waals surface area contributed by atoms with Crippen molar-refractivity contribution < 1.29 is 47.7 Å². The Balaban J connectivity index is 1.11. The largest absolute Gasteiger partial charge is 0.387 e. The van der Waals surface area contributed by atoms with Crippen molar-refractivity contribution in [2.75, 3.05) is 6.61 Å². The fourth-order valence-electron chi connectivity index (χ4n) is 9.39. The second-order valence-electron chi connectivity index (χ2n) is 18.4. The maximum absolute atomic E-state index is 13.1. The maximum Gasteiger partial charge on any atom is 0.169 e. The Hall–Kier alpha value is -6.55. The van der Waals surface area contributed by atoms with E-state index in [0.717, 1.165) is 38.9 Å². The molecule has 1 saturated heterocycles. The van der Waals surface area contributed by atoms with Crippen LogP contribution in [0.25, 0.3) is 10.4 Å². The molecule has 1 saturated carbocycles. The first-order valence-corrected chi connectivity index (χ1v) is 25.2. The topological polar surface area (TPSA) is 152 Å². The first-order chi connectivity index (χ1) is 36.6. The number of benzene rings is 7. The lowest BCUT2D eigenvalue weighted by atomic mass is 9.83. The van der Waals surface area contributed by atoms with E-state index in [1.165, 1.54) is 0 Å². The number of aliphatic hydroxyl groups is 1. The van der Waals surface area contributed by atoms with E-state index >= 15 is 0 Å². The van der Waals surface area contributed by atoms with E-state index in [4.69, 9.17) is 42.6 Å². The summed E-state index contributed by atoms with van der Waals surface area (Å²) in [5, 5.41) is 17.5. The summed E-state index contributed by atoms with van der Waals surface area (Å²) in [5.74, 6) is 0.